The molecule has 56 heavy (non-hydrogen) atoms. The number of aliphatic imine (C=N–C) groups is 1. The molecule has 1 radical (unpaired) electrons. The van der Waals surface area contributed by atoms with Gasteiger partial charge in [-0.15, -0.1) is 10.9 Å². The minimum atomic E-state index is -5.29. The van der Waals surface area contributed by atoms with Crippen molar-refractivity contribution in [2.75, 3.05) is 0 Å². The van der Waals surface area contributed by atoms with Gasteiger partial charge >= 0.3 is 106 Å². The van der Waals surface area contributed by atoms with Gasteiger partial charge in [0.05, 0.1) is 42.4 Å². The Balaban J connectivity index is 0.00000103. The van der Waals surface area contributed by atoms with Crippen molar-refractivity contribution in [2.45, 2.75) is 16.7 Å². The number of para-hydroxylation sites is 2. The van der Waals surface area contributed by atoms with Gasteiger partial charge in [0.15, 0.2) is 0 Å². The second-order valence-corrected chi connectivity index (χ2v) is 12.7. The number of benzene rings is 4. The number of aromatic nitrogens is 2. The molecule has 27 heteroatoms. The van der Waals surface area contributed by atoms with Gasteiger partial charge in [-0.1, -0.05) is 54.0 Å². The van der Waals surface area contributed by atoms with E-state index in [2.05, 4.69) is 20.3 Å². The van der Waals surface area contributed by atoms with Crippen molar-refractivity contribution in [1.82, 2.24) is 9.78 Å². The molecule has 0 spiro atoms. The first kappa shape index (κ1) is 52.7. The fourth-order valence-electron chi connectivity index (χ4n) is 4.09. The van der Waals surface area contributed by atoms with Crippen LogP contribution in [0.15, 0.2) is 104 Å². The molecule has 0 atom stereocenters. The fraction of sp³-hybridized carbons (Fsp3) is 0.0345. The fourth-order valence-corrected chi connectivity index (χ4v) is 5.28. The molecule has 5 rings (SSSR count). The molecule has 0 N–H and O–H groups in total. The maximum atomic E-state index is 12.5. The third-order valence-corrected chi connectivity index (χ3v) is 8.19. The average molecular weight is 873 g/mol. The number of nitro benzene ring substituents is 2. The van der Waals surface area contributed by atoms with E-state index in [1.165, 1.54) is 31.2 Å². The minimum Gasteiger partial charge on any atom is -0.872 e. The predicted octanol–water partition coefficient (Wildman–Crippen LogP) is -7.04. The Morgan fingerprint density at radius 3 is 1.64 bits per heavy atom. The monoisotopic (exact) mass is 872 g/mol. The van der Waals surface area contributed by atoms with Gasteiger partial charge in [0.1, 0.15) is 25.9 Å². The Morgan fingerprint density at radius 1 is 0.696 bits per heavy atom. The van der Waals surface area contributed by atoms with Crippen molar-refractivity contribution in [3.8, 4) is 28.8 Å². The predicted molar refractivity (Wildman–Crippen MR) is 166 cm³/mol. The van der Waals surface area contributed by atoms with Crippen LogP contribution in [0.2, 0.25) is 0 Å². The Labute approximate surface area is 393 Å². The van der Waals surface area contributed by atoms with E-state index in [-0.39, 0.29) is 123 Å². The summed E-state index contributed by atoms with van der Waals surface area (Å²) in [7, 11) is -10.5. The maximum absolute atomic E-state index is 12.5. The molecule has 0 bridgehead atoms. The first-order valence-electron chi connectivity index (χ1n) is 13.7. The third kappa shape index (κ3) is 13.1. The van der Waals surface area contributed by atoms with Crippen LogP contribution in [-0.2, 0) is 37.6 Å². The van der Waals surface area contributed by atoms with Crippen molar-refractivity contribution < 1.29 is 162 Å². The minimum absolute atomic E-state index is 0. The van der Waals surface area contributed by atoms with E-state index in [1.807, 2.05) is 0 Å². The Hall–Kier alpha value is -3.29. The van der Waals surface area contributed by atoms with E-state index < -0.39 is 85.8 Å². The van der Waals surface area contributed by atoms with Gasteiger partial charge in [0.2, 0.25) is 0 Å². The van der Waals surface area contributed by atoms with E-state index in [1.54, 1.807) is 30.3 Å². The molecule has 0 saturated heterocycles. The van der Waals surface area contributed by atoms with Gasteiger partial charge in [-0.25, -0.2) is 21.5 Å². The van der Waals surface area contributed by atoms with Gasteiger partial charge in [-0.05, 0) is 24.6 Å². The Morgan fingerprint density at radius 2 is 1.16 bits per heavy atom. The topological polar surface area (TPSA) is 348 Å². The van der Waals surface area contributed by atoms with Gasteiger partial charge in [0.25, 0.3) is 11.4 Å². The molecule has 0 aliphatic carbocycles. The van der Waals surface area contributed by atoms with Crippen LogP contribution in [0, 0.1) is 27.2 Å². The number of non-ortho nitro benzene ring substituents is 2. The van der Waals surface area contributed by atoms with E-state index in [9.17, 15) is 66.6 Å². The van der Waals surface area contributed by atoms with Gasteiger partial charge in [-0.2, -0.15) is 10.2 Å². The summed E-state index contributed by atoms with van der Waals surface area (Å²) in [6.07, 6.45) is 0.962. The molecule has 0 aliphatic heterocycles. The average Bonchev–Trinajstić information content (AvgIpc) is 3.36. The van der Waals surface area contributed by atoms with Crippen LogP contribution in [0.4, 0.5) is 28.4 Å². The first-order chi connectivity index (χ1) is 24.3. The summed E-state index contributed by atoms with van der Waals surface area (Å²) < 4.78 is 67.8. The van der Waals surface area contributed by atoms with Crippen LogP contribution in [0.3, 0.4) is 0 Å². The number of nitro groups is 2. The van der Waals surface area contributed by atoms with Crippen molar-refractivity contribution in [3.63, 3.8) is 0 Å². The molecule has 0 unspecified atom stereocenters. The van der Waals surface area contributed by atoms with Crippen LogP contribution in [-0.4, -0.2) is 51.8 Å². The normalized spacial score (nSPS) is 10.9. The quantitative estimate of drug-likeness (QED) is 0.0332. The van der Waals surface area contributed by atoms with Crippen LogP contribution < -0.4 is 109 Å². The van der Waals surface area contributed by atoms with Crippen LogP contribution in [0.5, 0.6) is 23.1 Å². The summed E-state index contributed by atoms with van der Waals surface area (Å²) in [5.41, 5.74) is -2.60. The van der Waals surface area contributed by atoms with Crippen LogP contribution >= 0.6 is 0 Å². The molecule has 1 heterocycles. The van der Waals surface area contributed by atoms with Gasteiger partial charge in [0, 0.05) is 36.4 Å². The zero-order valence-corrected chi connectivity index (χ0v) is 38.1. The molecule has 4 aromatic carbocycles. The van der Waals surface area contributed by atoms with Gasteiger partial charge < -0.3 is 29.5 Å². The van der Waals surface area contributed by atoms with E-state index in [0.29, 0.717) is 23.9 Å². The second kappa shape index (κ2) is 22.0. The maximum Gasteiger partial charge on any atom is 3.00 e. The molecule has 0 amide bonds. The summed E-state index contributed by atoms with van der Waals surface area (Å²) >= 11 is 0. The summed E-state index contributed by atoms with van der Waals surface area (Å²) in [6, 6.07) is 16.1. The summed E-state index contributed by atoms with van der Waals surface area (Å²) in [6.45, 7) is 1.45. The standard InChI is InChI=1S/C16H13N5O7S.C13H10N2O7S.Cr.3Na/c1-9-14(16(23)20(19-9)10-5-3-2-4-6-10)18-17-12-7-11(21(24)25)8-13(15(12)22)29(26,27)28;16-11-4-2-1-3-8(11)7-14-10-5-9(15(18)19)6-12(13(10)17)23(20,21)22;;;;/h2-8,22-23H,1H3,(H,26,27,28);1-7,16-17H,(H,20,21,22);;;;/q;;+3;3*+1/p-6. The SMILES string of the molecule is Cc1nn(-c2ccccc2)c([O-])c1N=Nc1cc([N+](=O)[O-])cc(S(=O)(=O)[O-])c1[O-].O=[N+]([O-])c1cc(N=Cc2ccccc2[O-])c([O-])c(S(=O)(=O)[O-])c1.[Cr+3].[Na+].[Na+].[Na+]. The third-order valence-electron chi connectivity index (χ3n) is 6.51. The largest absolute Gasteiger partial charge is 3.00 e. The molecule has 0 saturated carbocycles. The number of aryl methyl sites for hydroxylation is 1. The molecular formula is C29H17CrN7Na3O14S2. The molecule has 21 nitrogen and oxygen atoms in total. The zero-order chi connectivity index (χ0) is 38.5. The van der Waals surface area contributed by atoms with E-state index in [0.717, 1.165) is 17.0 Å². The summed E-state index contributed by atoms with van der Waals surface area (Å²) in [5, 5.41) is 80.9. The molecule has 0 fully saturated rings. The van der Waals surface area contributed by atoms with Crippen LogP contribution in [0.1, 0.15) is 11.3 Å². The number of rotatable bonds is 9. The van der Waals surface area contributed by atoms with Crippen molar-refractivity contribution >= 4 is 54.9 Å². The zero-order valence-electron chi connectivity index (χ0n) is 29.2. The molecule has 1 aromatic heterocycles. The smallest absolute Gasteiger partial charge is 0.872 e. The van der Waals surface area contributed by atoms with Crippen molar-refractivity contribution in [1.29, 1.82) is 0 Å². The number of hydrogen-bond acceptors (Lipinski definition) is 18. The Bertz CT molecular complexity index is 2510. The summed E-state index contributed by atoms with van der Waals surface area (Å²) in [4.78, 5) is 20.8. The molecule has 0 aliphatic rings. The number of nitrogens with zero attached hydrogens (tertiary/aromatic N) is 7. The second-order valence-electron chi connectivity index (χ2n) is 9.99. The molecule has 5 aromatic rings. The Kier molecular flexibility index (Phi) is 20.7. The molecular weight excluding hydrogens is 855 g/mol. The van der Waals surface area contributed by atoms with Gasteiger partial charge in [-0.3, -0.25) is 25.2 Å². The number of hydrogen-bond donors (Lipinski definition) is 0. The first-order valence-corrected chi connectivity index (χ1v) is 16.6. The summed E-state index contributed by atoms with van der Waals surface area (Å²) in [5.74, 6) is -3.72. The van der Waals surface area contributed by atoms with Crippen molar-refractivity contribution in [3.05, 3.63) is 110 Å². The van der Waals surface area contributed by atoms with Crippen LogP contribution in [0.25, 0.3) is 5.69 Å². The molecule has 273 valence electrons. The van der Waals surface area contributed by atoms with E-state index in [4.69, 9.17) is 0 Å². The van der Waals surface area contributed by atoms with E-state index >= 15 is 0 Å². The van der Waals surface area contributed by atoms with Crippen molar-refractivity contribution in [2.24, 2.45) is 15.2 Å². The number of azo groups is 1.